The molecule has 7 heteroatoms. The number of nitrogens with one attached hydrogen (secondary N) is 1. The van der Waals surface area contributed by atoms with Crippen LogP contribution < -0.4 is 10.1 Å². The Morgan fingerprint density at radius 2 is 2.30 bits per heavy atom. The molecule has 0 spiro atoms. The number of aryl methyl sites for hydroxylation is 1. The summed E-state index contributed by atoms with van der Waals surface area (Å²) in [7, 11) is 0. The van der Waals surface area contributed by atoms with Crippen molar-refractivity contribution in [3.8, 4) is 5.75 Å². The molecule has 0 atom stereocenters. The first-order valence-electron chi connectivity index (χ1n) is 5.91. The van der Waals surface area contributed by atoms with Crippen molar-refractivity contribution < 1.29 is 19.0 Å². The third kappa shape index (κ3) is 3.05. The molecule has 1 heterocycles. The number of halogens is 1. The molecular formula is C13H13FN2O3S. The molecule has 0 saturated carbocycles. The third-order valence-corrected chi connectivity index (χ3v) is 3.37. The molecule has 2 aromatic rings. The molecule has 0 radical (unpaired) electrons. The molecule has 0 bridgehead atoms. The second-order valence-electron chi connectivity index (χ2n) is 3.93. The van der Waals surface area contributed by atoms with Crippen molar-refractivity contribution >= 4 is 28.1 Å². The number of carbonyl (C=O) groups is 1. The van der Waals surface area contributed by atoms with E-state index in [0.717, 1.165) is 0 Å². The number of ether oxygens (including phenoxy) is 1. The Bertz CT molecular complexity index is 643. The highest BCUT2D eigenvalue weighted by Crippen LogP contribution is 2.27. The molecule has 2 N–H and O–H groups in total. The Hall–Kier alpha value is -2.15. The average molecular weight is 296 g/mol. The van der Waals surface area contributed by atoms with Crippen molar-refractivity contribution in [1.29, 1.82) is 0 Å². The van der Waals surface area contributed by atoms with Gasteiger partial charge in [-0.15, -0.1) is 11.3 Å². The van der Waals surface area contributed by atoms with Crippen LogP contribution in [0.25, 0.3) is 0 Å². The maximum Gasteiger partial charge on any atom is 0.355 e. The fourth-order valence-electron chi connectivity index (χ4n) is 1.62. The van der Waals surface area contributed by atoms with Gasteiger partial charge < -0.3 is 15.2 Å². The van der Waals surface area contributed by atoms with Gasteiger partial charge in [0.1, 0.15) is 0 Å². The van der Waals surface area contributed by atoms with Crippen molar-refractivity contribution in [3.63, 3.8) is 0 Å². The van der Waals surface area contributed by atoms with E-state index >= 15 is 0 Å². The SMILES string of the molecule is CCOc1ccc(Nc2nc(C(=O)O)c(C)s2)cc1F. The van der Waals surface area contributed by atoms with Crippen LogP contribution in [0.15, 0.2) is 18.2 Å². The van der Waals surface area contributed by atoms with E-state index in [1.165, 1.54) is 23.5 Å². The summed E-state index contributed by atoms with van der Waals surface area (Å²) >= 11 is 1.20. The first kappa shape index (κ1) is 14.3. The molecule has 106 valence electrons. The third-order valence-electron chi connectivity index (χ3n) is 2.48. The van der Waals surface area contributed by atoms with Crippen molar-refractivity contribution in [1.82, 2.24) is 4.98 Å². The second kappa shape index (κ2) is 5.87. The minimum absolute atomic E-state index is 0.00362. The van der Waals surface area contributed by atoms with Gasteiger partial charge in [-0.05, 0) is 26.0 Å². The van der Waals surface area contributed by atoms with Crippen molar-refractivity contribution in [3.05, 3.63) is 34.6 Å². The maximum atomic E-state index is 13.7. The molecule has 0 aliphatic heterocycles. The van der Waals surface area contributed by atoms with Crippen LogP contribution in [0.5, 0.6) is 5.75 Å². The van der Waals surface area contributed by atoms with Crippen LogP contribution in [0.2, 0.25) is 0 Å². The molecule has 20 heavy (non-hydrogen) atoms. The lowest BCUT2D eigenvalue weighted by Crippen LogP contribution is -1.99. The molecular weight excluding hydrogens is 283 g/mol. The Labute approximate surface area is 119 Å². The Morgan fingerprint density at radius 3 is 2.85 bits per heavy atom. The fraction of sp³-hybridized carbons (Fsp3) is 0.231. The number of anilines is 2. The maximum absolute atomic E-state index is 13.7. The molecule has 0 aliphatic rings. The van der Waals surface area contributed by atoms with Crippen LogP contribution >= 0.6 is 11.3 Å². The number of rotatable bonds is 5. The van der Waals surface area contributed by atoms with Gasteiger partial charge in [-0.25, -0.2) is 14.2 Å². The van der Waals surface area contributed by atoms with E-state index in [9.17, 15) is 9.18 Å². The number of nitrogens with zero attached hydrogens (tertiary/aromatic N) is 1. The normalized spacial score (nSPS) is 10.3. The number of aromatic carboxylic acids is 1. The summed E-state index contributed by atoms with van der Waals surface area (Å²) in [5.74, 6) is -1.38. The summed E-state index contributed by atoms with van der Waals surface area (Å²) in [5, 5.41) is 12.2. The van der Waals surface area contributed by atoms with Crippen molar-refractivity contribution in [2.75, 3.05) is 11.9 Å². The second-order valence-corrected chi connectivity index (χ2v) is 5.14. The Kier molecular flexibility index (Phi) is 4.19. The molecule has 0 amide bonds. The Balaban J connectivity index is 2.20. The Morgan fingerprint density at radius 1 is 1.55 bits per heavy atom. The predicted octanol–water partition coefficient (Wildman–Crippen LogP) is 3.43. The minimum atomic E-state index is -1.08. The summed E-state index contributed by atoms with van der Waals surface area (Å²) in [6, 6.07) is 4.44. The van der Waals surface area contributed by atoms with E-state index < -0.39 is 11.8 Å². The van der Waals surface area contributed by atoms with Gasteiger partial charge in [0.15, 0.2) is 22.4 Å². The standard InChI is InChI=1S/C13H13FN2O3S/c1-3-19-10-5-4-8(6-9(10)14)15-13-16-11(12(17)18)7(2)20-13/h4-6H,3H2,1-2H3,(H,15,16)(H,17,18). The van der Waals surface area contributed by atoms with Crippen LogP contribution in [-0.4, -0.2) is 22.7 Å². The predicted molar refractivity (Wildman–Crippen MR) is 74.7 cm³/mol. The molecule has 2 rings (SSSR count). The number of hydrogen-bond acceptors (Lipinski definition) is 5. The zero-order valence-electron chi connectivity index (χ0n) is 10.9. The number of hydrogen-bond donors (Lipinski definition) is 2. The van der Waals surface area contributed by atoms with Gasteiger partial charge >= 0.3 is 5.97 Å². The molecule has 0 aliphatic carbocycles. The van der Waals surface area contributed by atoms with Crippen LogP contribution in [0.3, 0.4) is 0 Å². The van der Waals surface area contributed by atoms with E-state index in [1.807, 2.05) is 0 Å². The van der Waals surface area contributed by atoms with Crippen LogP contribution in [-0.2, 0) is 0 Å². The van der Waals surface area contributed by atoms with E-state index in [1.54, 1.807) is 19.9 Å². The average Bonchev–Trinajstić information content (AvgIpc) is 2.74. The van der Waals surface area contributed by atoms with E-state index in [0.29, 0.717) is 22.3 Å². The quantitative estimate of drug-likeness (QED) is 0.884. The number of benzene rings is 1. The summed E-state index contributed by atoms with van der Waals surface area (Å²) in [4.78, 5) is 15.4. The van der Waals surface area contributed by atoms with E-state index in [-0.39, 0.29) is 11.4 Å². The highest BCUT2D eigenvalue weighted by molar-refractivity contribution is 7.15. The molecule has 0 fully saturated rings. The van der Waals surface area contributed by atoms with Gasteiger partial charge in [-0.2, -0.15) is 0 Å². The number of thiazole rings is 1. The fourth-order valence-corrected chi connectivity index (χ4v) is 2.45. The zero-order valence-corrected chi connectivity index (χ0v) is 11.8. The minimum Gasteiger partial charge on any atom is -0.491 e. The molecule has 0 unspecified atom stereocenters. The highest BCUT2D eigenvalue weighted by Gasteiger charge is 2.14. The van der Waals surface area contributed by atoms with Crippen LogP contribution in [0, 0.1) is 12.7 Å². The first-order chi connectivity index (χ1) is 9.51. The van der Waals surface area contributed by atoms with Crippen molar-refractivity contribution in [2.45, 2.75) is 13.8 Å². The lowest BCUT2D eigenvalue weighted by Gasteiger charge is -2.07. The zero-order chi connectivity index (χ0) is 14.7. The highest BCUT2D eigenvalue weighted by atomic mass is 32.1. The largest absolute Gasteiger partial charge is 0.491 e. The molecule has 0 saturated heterocycles. The summed E-state index contributed by atoms with van der Waals surface area (Å²) in [5.41, 5.74) is 0.487. The first-order valence-corrected chi connectivity index (χ1v) is 6.73. The summed E-state index contributed by atoms with van der Waals surface area (Å²) in [6.07, 6.45) is 0. The number of carboxylic acid groups (broad SMARTS) is 1. The molecule has 1 aromatic heterocycles. The molecule has 5 nitrogen and oxygen atoms in total. The monoisotopic (exact) mass is 296 g/mol. The van der Waals surface area contributed by atoms with Gasteiger partial charge in [0.2, 0.25) is 0 Å². The lowest BCUT2D eigenvalue weighted by molar-refractivity contribution is 0.0690. The summed E-state index contributed by atoms with van der Waals surface area (Å²) < 4.78 is 18.8. The van der Waals surface area contributed by atoms with Gasteiger partial charge in [-0.3, -0.25) is 0 Å². The number of carboxylic acids is 1. The van der Waals surface area contributed by atoms with E-state index in [2.05, 4.69) is 10.3 Å². The van der Waals surface area contributed by atoms with Gasteiger partial charge in [0.25, 0.3) is 0 Å². The van der Waals surface area contributed by atoms with Crippen LogP contribution in [0.1, 0.15) is 22.3 Å². The summed E-state index contributed by atoms with van der Waals surface area (Å²) in [6.45, 7) is 3.83. The van der Waals surface area contributed by atoms with Crippen LogP contribution in [0.4, 0.5) is 15.2 Å². The van der Waals surface area contributed by atoms with Gasteiger partial charge in [0.05, 0.1) is 6.61 Å². The van der Waals surface area contributed by atoms with Gasteiger partial charge in [0, 0.05) is 16.6 Å². The smallest absolute Gasteiger partial charge is 0.355 e. The topological polar surface area (TPSA) is 71.5 Å². The lowest BCUT2D eigenvalue weighted by atomic mass is 10.3. The van der Waals surface area contributed by atoms with Gasteiger partial charge in [-0.1, -0.05) is 0 Å². The number of aromatic nitrogens is 1. The molecule has 1 aromatic carbocycles. The van der Waals surface area contributed by atoms with E-state index in [4.69, 9.17) is 9.84 Å². The van der Waals surface area contributed by atoms with Crippen molar-refractivity contribution in [2.24, 2.45) is 0 Å².